The van der Waals surface area contributed by atoms with E-state index in [0.29, 0.717) is 0 Å². The predicted octanol–water partition coefficient (Wildman–Crippen LogP) is -7.60. The van der Waals surface area contributed by atoms with Gasteiger partial charge in [0.05, 0.1) is 0 Å². The molecule has 0 aliphatic heterocycles. The maximum absolute atomic E-state index is 8.36. The fourth-order valence-corrected chi connectivity index (χ4v) is 0. The first-order valence-electron chi connectivity index (χ1n) is 2.38. The minimum atomic E-state index is -0.500. The van der Waals surface area contributed by atoms with Crippen LogP contribution in [0.1, 0.15) is 0 Å². The van der Waals surface area contributed by atoms with Crippen LogP contribution in [0.2, 0.25) is 0 Å². The molecule has 0 heterocycles. The van der Waals surface area contributed by atoms with Crippen molar-refractivity contribution in [2.24, 2.45) is 0 Å². The summed E-state index contributed by atoms with van der Waals surface area (Å²) in [5, 5.41) is 39.9. The second-order valence-corrected chi connectivity index (χ2v) is 0.490. The Kier molecular flexibility index (Phi) is 499. The number of hydrogen-bond acceptors (Lipinski definition) is 9. The molecule has 0 bridgehead atoms. The smallest absolute Gasteiger partial charge is 0.554 e. The van der Waals surface area contributed by atoms with Gasteiger partial charge in [0, 0.05) is 25.9 Å². The first-order chi connectivity index (χ1) is 7.07. The predicted molar refractivity (Wildman–Crippen MR) is 44.5 cm³/mol. The molecule has 10 nitrogen and oxygen atoms in total. The Balaban J connectivity index is -0.0000000143. The quantitative estimate of drug-likeness (QED) is 0.327. The molecule has 0 atom stereocenters. The molecule has 0 aliphatic carbocycles. The van der Waals surface area contributed by atoms with Gasteiger partial charge in [-0.2, -0.15) is 0 Å². The molecule has 0 saturated heterocycles. The third kappa shape index (κ3) is 1980. The molecule has 0 saturated carbocycles. The van der Waals surface area contributed by atoms with Gasteiger partial charge in [-0.05, 0) is 0 Å². The molecular formula is C5H6Mg2O10. The molecular weight excluding hydrogens is 269 g/mol. The third-order valence-electron chi connectivity index (χ3n) is 0. The van der Waals surface area contributed by atoms with E-state index >= 15 is 0 Å². The SMILES string of the molecule is O=CO.O=C[O-].O=C[O-].O=C[O-].O=C[O-].[Mg+2].[Mg+2]. The van der Waals surface area contributed by atoms with Crippen LogP contribution in [0.15, 0.2) is 0 Å². The van der Waals surface area contributed by atoms with Crippen molar-refractivity contribution >= 4 is 78.5 Å². The molecule has 0 radical (unpaired) electrons. The topological polar surface area (TPSA) is 198 Å². The largest absolute Gasteiger partial charge is 2.00 e. The average molecular weight is 275 g/mol. The van der Waals surface area contributed by atoms with Crippen LogP contribution in [0.25, 0.3) is 0 Å². The minimum absolute atomic E-state index is 0. The fourth-order valence-electron chi connectivity index (χ4n) is 0. The third-order valence-corrected chi connectivity index (χ3v) is 0. The van der Waals surface area contributed by atoms with Gasteiger partial charge in [0.2, 0.25) is 0 Å². The van der Waals surface area contributed by atoms with Gasteiger partial charge in [0.1, 0.15) is 0 Å². The molecule has 0 rings (SSSR count). The second kappa shape index (κ2) is 190. The first kappa shape index (κ1) is 44.6. The normalized spacial score (nSPS) is 3.53. The average Bonchev–Trinajstić information content (AvgIpc) is 2.09. The summed E-state index contributed by atoms with van der Waals surface area (Å²) in [6.07, 6.45) is 0. The van der Waals surface area contributed by atoms with Gasteiger partial charge >= 0.3 is 46.1 Å². The zero-order valence-corrected chi connectivity index (χ0v) is 11.3. The Hall–Kier alpha value is -1.12. The number of carbonyl (C=O) groups excluding carboxylic acids is 4. The van der Waals surface area contributed by atoms with Crippen LogP contribution >= 0.6 is 0 Å². The van der Waals surface area contributed by atoms with E-state index in [-0.39, 0.29) is 52.6 Å². The number of hydrogen-bond donors (Lipinski definition) is 1. The monoisotopic (exact) mass is 274 g/mol. The van der Waals surface area contributed by atoms with Crippen LogP contribution in [0.4, 0.5) is 0 Å². The maximum Gasteiger partial charge on any atom is 2.00 e. The zero-order valence-electron chi connectivity index (χ0n) is 8.42. The Bertz CT molecular complexity index is 95.0. The molecule has 0 aromatic carbocycles. The van der Waals surface area contributed by atoms with Crippen molar-refractivity contribution in [2.45, 2.75) is 0 Å². The zero-order chi connectivity index (χ0) is 13.5. The van der Waals surface area contributed by atoms with Crippen molar-refractivity contribution in [3.63, 3.8) is 0 Å². The molecule has 0 spiro atoms. The standard InChI is InChI=1S/5CH2O2.2Mg/c5*2-1-3;;/h5*1H,(H,2,3);;/q;;;;;2*+2/p-4. The molecule has 0 amide bonds. The summed E-state index contributed by atoms with van der Waals surface area (Å²) in [6, 6.07) is 0. The summed E-state index contributed by atoms with van der Waals surface area (Å²) in [5.74, 6) is 0. The van der Waals surface area contributed by atoms with Gasteiger partial charge in [-0.25, -0.2) is 0 Å². The van der Waals surface area contributed by atoms with Gasteiger partial charge in [-0.3, -0.25) is 4.79 Å². The van der Waals surface area contributed by atoms with Crippen LogP contribution in [0.5, 0.6) is 0 Å². The van der Waals surface area contributed by atoms with Crippen LogP contribution in [-0.2, 0) is 24.0 Å². The van der Waals surface area contributed by atoms with Crippen molar-refractivity contribution in [1.29, 1.82) is 0 Å². The van der Waals surface area contributed by atoms with Crippen molar-refractivity contribution in [2.75, 3.05) is 0 Å². The molecule has 0 aliphatic rings. The molecule has 1 N–H and O–H groups in total. The van der Waals surface area contributed by atoms with Crippen LogP contribution in [-0.4, -0.2) is 83.6 Å². The Labute approximate surface area is 128 Å². The second-order valence-electron chi connectivity index (χ2n) is 0.490. The van der Waals surface area contributed by atoms with Gasteiger partial charge in [-0.1, -0.05) is 0 Å². The maximum atomic E-state index is 8.36. The summed E-state index contributed by atoms with van der Waals surface area (Å²) < 4.78 is 0. The van der Waals surface area contributed by atoms with E-state index in [9.17, 15) is 0 Å². The summed E-state index contributed by atoms with van der Waals surface area (Å²) in [5.41, 5.74) is 0. The van der Waals surface area contributed by atoms with E-state index < -0.39 is 25.9 Å². The van der Waals surface area contributed by atoms with Crippen LogP contribution < -0.4 is 20.4 Å². The number of rotatable bonds is 0. The summed E-state index contributed by atoms with van der Waals surface area (Å²) >= 11 is 0. The number of carboxylic acid groups (broad SMARTS) is 5. The van der Waals surface area contributed by atoms with E-state index in [2.05, 4.69) is 0 Å². The molecule has 0 aromatic rings. The molecule has 90 valence electrons. The molecule has 0 fully saturated rings. The van der Waals surface area contributed by atoms with E-state index in [4.69, 9.17) is 49.5 Å². The van der Waals surface area contributed by atoms with E-state index in [1.165, 1.54) is 0 Å². The molecule has 17 heavy (non-hydrogen) atoms. The van der Waals surface area contributed by atoms with Gasteiger partial charge in [-0.15, -0.1) is 0 Å². The van der Waals surface area contributed by atoms with Gasteiger partial charge in [0.15, 0.2) is 0 Å². The molecule has 12 heteroatoms. The van der Waals surface area contributed by atoms with Crippen molar-refractivity contribution in [3.8, 4) is 0 Å². The first-order valence-corrected chi connectivity index (χ1v) is 2.38. The summed E-state index contributed by atoms with van der Waals surface area (Å²) in [6.45, 7) is -2.25. The van der Waals surface area contributed by atoms with E-state index in [1.54, 1.807) is 0 Å². The van der Waals surface area contributed by atoms with Crippen molar-refractivity contribution in [3.05, 3.63) is 0 Å². The summed E-state index contributed by atoms with van der Waals surface area (Å²) in [4.78, 5) is 41.4. The van der Waals surface area contributed by atoms with Crippen molar-refractivity contribution in [1.82, 2.24) is 0 Å². The summed E-state index contributed by atoms with van der Waals surface area (Å²) in [7, 11) is 0. The fraction of sp³-hybridized carbons (Fsp3) is 0. The number of carbonyl (C=O) groups is 5. The Morgan fingerprint density at radius 2 is 0.588 bits per heavy atom. The Morgan fingerprint density at radius 1 is 0.588 bits per heavy atom. The van der Waals surface area contributed by atoms with Crippen molar-refractivity contribution < 1.29 is 49.5 Å². The molecule has 0 aromatic heterocycles. The van der Waals surface area contributed by atoms with Gasteiger partial charge < -0.3 is 44.7 Å². The van der Waals surface area contributed by atoms with Gasteiger partial charge in [0.25, 0.3) is 6.47 Å². The molecule has 0 unspecified atom stereocenters. The van der Waals surface area contributed by atoms with E-state index in [0.717, 1.165) is 0 Å². The minimum Gasteiger partial charge on any atom is -0.554 e. The van der Waals surface area contributed by atoms with Crippen LogP contribution in [0.3, 0.4) is 0 Å². The Morgan fingerprint density at radius 3 is 0.588 bits per heavy atom. The van der Waals surface area contributed by atoms with Crippen LogP contribution in [0, 0.1) is 0 Å². The van der Waals surface area contributed by atoms with E-state index in [1.807, 2.05) is 0 Å².